The lowest BCUT2D eigenvalue weighted by Gasteiger charge is -2.09. The molecule has 0 saturated carbocycles. The third kappa shape index (κ3) is 2.07. The molecule has 0 aliphatic rings. The van der Waals surface area contributed by atoms with Crippen LogP contribution in [-0.4, -0.2) is 4.57 Å². The van der Waals surface area contributed by atoms with Crippen molar-refractivity contribution >= 4 is 10.9 Å². The molecule has 0 aliphatic carbocycles. The standard InChI is InChI=1S/C14H13F3N2/c1-3-12-11(8-18)10-6-5-9(14(15,16)17)7-13(10)19(12)4-2/h5-7H,3-4H2,1-2H3. The highest BCUT2D eigenvalue weighted by atomic mass is 19.4. The maximum atomic E-state index is 12.7. The maximum absolute atomic E-state index is 12.7. The monoisotopic (exact) mass is 266 g/mol. The summed E-state index contributed by atoms with van der Waals surface area (Å²) in [5.74, 6) is 0. The van der Waals surface area contributed by atoms with Crippen LogP contribution < -0.4 is 0 Å². The highest BCUT2D eigenvalue weighted by Gasteiger charge is 2.31. The summed E-state index contributed by atoms with van der Waals surface area (Å²) in [6.07, 6.45) is -3.75. The molecular weight excluding hydrogens is 253 g/mol. The number of hydrogen-bond acceptors (Lipinski definition) is 1. The number of nitrogens with zero attached hydrogens (tertiary/aromatic N) is 2. The summed E-state index contributed by atoms with van der Waals surface area (Å²) in [5, 5.41) is 9.79. The van der Waals surface area contributed by atoms with Crippen LogP contribution in [0.1, 0.15) is 30.7 Å². The van der Waals surface area contributed by atoms with Crippen LogP contribution in [0.5, 0.6) is 0 Å². The Hall–Kier alpha value is -1.96. The molecule has 5 heteroatoms. The quantitative estimate of drug-likeness (QED) is 0.804. The lowest BCUT2D eigenvalue weighted by Crippen LogP contribution is -2.05. The van der Waals surface area contributed by atoms with Crippen molar-refractivity contribution in [2.45, 2.75) is 33.0 Å². The number of alkyl halides is 3. The molecule has 0 unspecified atom stereocenters. The summed E-state index contributed by atoms with van der Waals surface area (Å²) in [6.45, 7) is 4.30. The van der Waals surface area contributed by atoms with Gasteiger partial charge < -0.3 is 4.57 Å². The molecule has 0 N–H and O–H groups in total. The second-order valence-corrected chi connectivity index (χ2v) is 4.26. The van der Waals surface area contributed by atoms with Crippen molar-refractivity contribution in [1.29, 1.82) is 5.26 Å². The Balaban J connectivity index is 2.83. The molecule has 1 aromatic heterocycles. The summed E-state index contributed by atoms with van der Waals surface area (Å²) in [5.41, 5.74) is 1.07. The Labute approximate surface area is 109 Å². The first-order chi connectivity index (χ1) is 8.93. The van der Waals surface area contributed by atoms with Gasteiger partial charge in [0.1, 0.15) is 6.07 Å². The zero-order chi connectivity index (χ0) is 14.2. The zero-order valence-electron chi connectivity index (χ0n) is 10.7. The molecule has 0 aliphatic heterocycles. The molecule has 0 saturated heterocycles. The van der Waals surface area contributed by atoms with E-state index in [-0.39, 0.29) is 0 Å². The summed E-state index contributed by atoms with van der Waals surface area (Å²) in [7, 11) is 0. The van der Waals surface area contributed by atoms with Crippen LogP contribution >= 0.6 is 0 Å². The number of hydrogen-bond donors (Lipinski definition) is 0. The van der Waals surface area contributed by atoms with E-state index < -0.39 is 11.7 Å². The number of fused-ring (bicyclic) bond motifs is 1. The van der Waals surface area contributed by atoms with Gasteiger partial charge in [-0.25, -0.2) is 0 Å². The van der Waals surface area contributed by atoms with Crippen LogP contribution in [-0.2, 0) is 19.1 Å². The fraction of sp³-hybridized carbons (Fsp3) is 0.357. The number of benzene rings is 1. The largest absolute Gasteiger partial charge is 0.416 e. The van der Waals surface area contributed by atoms with Crippen LogP contribution in [0, 0.1) is 11.3 Å². The first-order valence-electron chi connectivity index (χ1n) is 6.06. The predicted octanol–water partition coefficient (Wildman–Crippen LogP) is 4.11. The van der Waals surface area contributed by atoms with E-state index in [2.05, 4.69) is 6.07 Å². The number of nitriles is 1. The van der Waals surface area contributed by atoms with Gasteiger partial charge in [-0.2, -0.15) is 18.4 Å². The van der Waals surface area contributed by atoms with Gasteiger partial charge in [0.25, 0.3) is 0 Å². The molecule has 2 aromatic rings. The highest BCUT2D eigenvalue weighted by Crippen LogP contribution is 2.34. The van der Waals surface area contributed by atoms with Gasteiger partial charge in [0, 0.05) is 17.6 Å². The molecule has 0 spiro atoms. The molecule has 1 heterocycles. The van der Waals surface area contributed by atoms with Crippen molar-refractivity contribution < 1.29 is 13.2 Å². The molecule has 0 fully saturated rings. The lowest BCUT2D eigenvalue weighted by molar-refractivity contribution is -0.137. The summed E-state index contributed by atoms with van der Waals surface area (Å²) < 4.78 is 40.0. The van der Waals surface area contributed by atoms with Crippen LogP contribution in [0.15, 0.2) is 18.2 Å². The average Bonchev–Trinajstić information content (AvgIpc) is 2.69. The molecule has 2 rings (SSSR count). The summed E-state index contributed by atoms with van der Waals surface area (Å²) in [4.78, 5) is 0. The number of aromatic nitrogens is 1. The first-order valence-corrected chi connectivity index (χ1v) is 6.06. The van der Waals surface area contributed by atoms with Gasteiger partial charge in [0.05, 0.1) is 16.6 Å². The Morgan fingerprint density at radius 3 is 2.42 bits per heavy atom. The second kappa shape index (κ2) is 4.61. The Morgan fingerprint density at radius 1 is 1.26 bits per heavy atom. The zero-order valence-corrected chi connectivity index (χ0v) is 10.7. The van der Waals surface area contributed by atoms with Gasteiger partial charge in [0.15, 0.2) is 0 Å². The first kappa shape index (κ1) is 13.5. The second-order valence-electron chi connectivity index (χ2n) is 4.26. The van der Waals surface area contributed by atoms with Crippen molar-refractivity contribution in [2.75, 3.05) is 0 Å². The van der Waals surface area contributed by atoms with Crippen LogP contribution in [0.2, 0.25) is 0 Å². The molecule has 2 nitrogen and oxygen atoms in total. The smallest absolute Gasteiger partial charge is 0.344 e. The van der Waals surface area contributed by atoms with Crippen LogP contribution in [0.25, 0.3) is 10.9 Å². The number of halogens is 3. The molecule has 19 heavy (non-hydrogen) atoms. The summed E-state index contributed by atoms with van der Waals surface area (Å²) >= 11 is 0. The third-order valence-corrected chi connectivity index (χ3v) is 3.26. The molecular formula is C14H13F3N2. The number of aryl methyl sites for hydroxylation is 1. The number of rotatable bonds is 2. The van der Waals surface area contributed by atoms with E-state index >= 15 is 0 Å². The van der Waals surface area contributed by atoms with E-state index in [0.717, 1.165) is 17.8 Å². The van der Waals surface area contributed by atoms with E-state index in [9.17, 15) is 18.4 Å². The summed E-state index contributed by atoms with van der Waals surface area (Å²) in [6, 6.07) is 5.65. The Morgan fingerprint density at radius 2 is 1.95 bits per heavy atom. The Bertz CT molecular complexity index is 660. The van der Waals surface area contributed by atoms with Crippen molar-refractivity contribution in [2.24, 2.45) is 0 Å². The SMILES string of the molecule is CCc1c(C#N)c2ccc(C(F)(F)F)cc2n1CC. The fourth-order valence-corrected chi connectivity index (χ4v) is 2.43. The van der Waals surface area contributed by atoms with Gasteiger partial charge in [-0.3, -0.25) is 0 Å². The minimum Gasteiger partial charge on any atom is -0.344 e. The highest BCUT2D eigenvalue weighted by molar-refractivity contribution is 5.88. The average molecular weight is 266 g/mol. The van der Waals surface area contributed by atoms with Crippen molar-refractivity contribution in [3.63, 3.8) is 0 Å². The normalized spacial score (nSPS) is 11.8. The lowest BCUT2D eigenvalue weighted by atomic mass is 10.1. The van der Waals surface area contributed by atoms with E-state index in [0.29, 0.717) is 29.4 Å². The fourth-order valence-electron chi connectivity index (χ4n) is 2.43. The van der Waals surface area contributed by atoms with Gasteiger partial charge in [0.2, 0.25) is 0 Å². The topological polar surface area (TPSA) is 28.7 Å². The van der Waals surface area contributed by atoms with Crippen molar-refractivity contribution in [3.05, 3.63) is 35.0 Å². The molecule has 0 amide bonds. The van der Waals surface area contributed by atoms with E-state index in [1.807, 2.05) is 13.8 Å². The molecule has 0 radical (unpaired) electrons. The molecule has 1 aromatic carbocycles. The molecule has 100 valence electrons. The molecule has 0 atom stereocenters. The maximum Gasteiger partial charge on any atom is 0.416 e. The minimum atomic E-state index is -4.36. The van der Waals surface area contributed by atoms with Crippen molar-refractivity contribution in [1.82, 2.24) is 4.57 Å². The van der Waals surface area contributed by atoms with E-state index in [4.69, 9.17) is 0 Å². The van der Waals surface area contributed by atoms with E-state index in [1.165, 1.54) is 6.07 Å². The van der Waals surface area contributed by atoms with Gasteiger partial charge in [-0.15, -0.1) is 0 Å². The van der Waals surface area contributed by atoms with Crippen molar-refractivity contribution in [3.8, 4) is 6.07 Å². The predicted molar refractivity (Wildman–Crippen MR) is 66.7 cm³/mol. The van der Waals surface area contributed by atoms with Gasteiger partial charge in [-0.1, -0.05) is 13.0 Å². The van der Waals surface area contributed by atoms with E-state index in [1.54, 1.807) is 4.57 Å². The van der Waals surface area contributed by atoms with Crippen LogP contribution in [0.4, 0.5) is 13.2 Å². The third-order valence-electron chi connectivity index (χ3n) is 3.26. The minimum absolute atomic E-state index is 0.478. The Kier molecular flexibility index (Phi) is 3.27. The van der Waals surface area contributed by atoms with Gasteiger partial charge >= 0.3 is 6.18 Å². The van der Waals surface area contributed by atoms with Crippen LogP contribution in [0.3, 0.4) is 0 Å². The molecule has 0 bridgehead atoms. The van der Waals surface area contributed by atoms with Gasteiger partial charge in [-0.05, 0) is 25.5 Å².